The number of benzene rings is 2. The monoisotopic (exact) mass is 310 g/mol. The van der Waals surface area contributed by atoms with Gasteiger partial charge in [-0.1, -0.05) is 6.07 Å². The molecule has 0 aliphatic rings. The van der Waals surface area contributed by atoms with E-state index in [4.69, 9.17) is 10.5 Å². The third-order valence-corrected chi connectivity index (χ3v) is 4.05. The summed E-state index contributed by atoms with van der Waals surface area (Å²) in [5, 5.41) is 2.95. The summed E-state index contributed by atoms with van der Waals surface area (Å²) < 4.78 is 41.5. The zero-order valence-corrected chi connectivity index (χ0v) is 12.4. The maximum Gasteiger partial charge on any atom is 0.177 e. The SMILES string of the molecule is COc1cc(F)ccc1Nc1cccc(S(C)(=O)=O)c1N. The van der Waals surface area contributed by atoms with E-state index in [2.05, 4.69) is 5.32 Å². The maximum absolute atomic E-state index is 13.2. The second-order valence-electron chi connectivity index (χ2n) is 4.46. The number of methoxy groups -OCH3 is 1. The van der Waals surface area contributed by atoms with E-state index in [1.165, 1.54) is 31.4 Å². The zero-order valence-electron chi connectivity index (χ0n) is 11.6. The molecule has 7 heteroatoms. The van der Waals surface area contributed by atoms with Crippen LogP contribution in [0.1, 0.15) is 0 Å². The summed E-state index contributed by atoms with van der Waals surface area (Å²) in [6.07, 6.45) is 1.08. The molecule has 2 rings (SSSR count). The third-order valence-electron chi connectivity index (χ3n) is 2.90. The number of halogens is 1. The zero-order chi connectivity index (χ0) is 15.6. The van der Waals surface area contributed by atoms with Gasteiger partial charge in [0.15, 0.2) is 9.84 Å². The molecular weight excluding hydrogens is 295 g/mol. The Hall–Kier alpha value is -2.28. The topological polar surface area (TPSA) is 81.4 Å². The largest absolute Gasteiger partial charge is 0.494 e. The van der Waals surface area contributed by atoms with E-state index < -0.39 is 15.7 Å². The quantitative estimate of drug-likeness (QED) is 0.848. The molecule has 2 aromatic rings. The highest BCUT2D eigenvalue weighted by Crippen LogP contribution is 2.33. The molecule has 0 saturated heterocycles. The number of hydrogen-bond donors (Lipinski definition) is 2. The normalized spacial score (nSPS) is 11.2. The lowest BCUT2D eigenvalue weighted by Crippen LogP contribution is -2.05. The average Bonchev–Trinajstić information content (AvgIpc) is 2.41. The Morgan fingerprint density at radius 2 is 1.90 bits per heavy atom. The van der Waals surface area contributed by atoms with Gasteiger partial charge >= 0.3 is 0 Å². The lowest BCUT2D eigenvalue weighted by atomic mass is 10.2. The van der Waals surface area contributed by atoms with E-state index >= 15 is 0 Å². The number of nitrogens with one attached hydrogen (secondary N) is 1. The minimum atomic E-state index is -3.43. The van der Waals surface area contributed by atoms with Gasteiger partial charge in [-0.15, -0.1) is 0 Å². The number of rotatable bonds is 4. The molecule has 0 saturated carbocycles. The van der Waals surface area contributed by atoms with E-state index in [9.17, 15) is 12.8 Å². The average molecular weight is 310 g/mol. The second-order valence-corrected chi connectivity index (χ2v) is 6.44. The van der Waals surface area contributed by atoms with Crippen LogP contribution in [0.2, 0.25) is 0 Å². The molecule has 2 aromatic carbocycles. The lowest BCUT2D eigenvalue weighted by Gasteiger charge is -2.14. The van der Waals surface area contributed by atoms with Gasteiger partial charge in [0.2, 0.25) is 0 Å². The molecule has 0 radical (unpaired) electrons. The van der Waals surface area contributed by atoms with Crippen molar-refractivity contribution >= 4 is 26.9 Å². The van der Waals surface area contributed by atoms with Crippen molar-refractivity contribution in [2.45, 2.75) is 4.90 Å². The van der Waals surface area contributed by atoms with Crippen molar-refractivity contribution in [3.63, 3.8) is 0 Å². The predicted octanol–water partition coefficient (Wildman–Crippen LogP) is 2.56. The molecule has 0 fully saturated rings. The summed E-state index contributed by atoms with van der Waals surface area (Å²) in [7, 11) is -2.01. The van der Waals surface area contributed by atoms with Crippen molar-refractivity contribution in [2.24, 2.45) is 0 Å². The van der Waals surface area contributed by atoms with Gasteiger partial charge in [-0.05, 0) is 24.3 Å². The van der Waals surface area contributed by atoms with Crippen LogP contribution in [0.4, 0.5) is 21.5 Å². The number of hydrogen-bond acceptors (Lipinski definition) is 5. The van der Waals surface area contributed by atoms with Crippen LogP contribution in [0.5, 0.6) is 5.75 Å². The first-order valence-electron chi connectivity index (χ1n) is 6.02. The Kier molecular flexibility index (Phi) is 4.04. The molecule has 3 N–H and O–H groups in total. The summed E-state index contributed by atoms with van der Waals surface area (Å²) in [5.41, 5.74) is 6.87. The van der Waals surface area contributed by atoms with Crippen molar-refractivity contribution in [2.75, 3.05) is 24.4 Å². The standard InChI is InChI=1S/C14H15FN2O3S/c1-20-12-8-9(15)6-7-10(12)17-11-4-3-5-13(14(11)16)21(2,18)19/h3-8,17H,16H2,1-2H3. The van der Waals surface area contributed by atoms with Gasteiger partial charge in [0.05, 0.1) is 29.1 Å². The van der Waals surface area contributed by atoms with Crippen molar-refractivity contribution in [3.8, 4) is 5.75 Å². The van der Waals surface area contributed by atoms with Crippen LogP contribution in [0, 0.1) is 5.82 Å². The summed E-state index contributed by atoms with van der Waals surface area (Å²) >= 11 is 0. The molecule has 0 atom stereocenters. The number of nitrogens with two attached hydrogens (primary N) is 1. The highest BCUT2D eigenvalue weighted by atomic mass is 32.2. The van der Waals surface area contributed by atoms with E-state index in [0.29, 0.717) is 17.1 Å². The van der Waals surface area contributed by atoms with Gasteiger partial charge in [-0.2, -0.15) is 0 Å². The van der Waals surface area contributed by atoms with Crippen molar-refractivity contribution < 1.29 is 17.5 Å². The van der Waals surface area contributed by atoms with Crippen molar-refractivity contribution in [1.29, 1.82) is 0 Å². The summed E-state index contributed by atoms with van der Waals surface area (Å²) in [6, 6.07) is 8.61. The minimum absolute atomic E-state index is 0.0357. The van der Waals surface area contributed by atoms with Crippen LogP contribution in [0.25, 0.3) is 0 Å². The molecule has 21 heavy (non-hydrogen) atoms. The molecule has 5 nitrogen and oxygen atoms in total. The molecular formula is C14H15FN2O3S. The number of ether oxygens (including phenoxy) is 1. The molecule has 0 spiro atoms. The van der Waals surface area contributed by atoms with E-state index in [1.807, 2.05) is 0 Å². The molecule has 0 amide bonds. The number of nitrogen functional groups attached to an aromatic ring is 1. The Bertz CT molecular complexity index is 776. The van der Waals surface area contributed by atoms with Gasteiger partial charge in [0.25, 0.3) is 0 Å². The fourth-order valence-electron chi connectivity index (χ4n) is 1.89. The van der Waals surface area contributed by atoms with Gasteiger partial charge in [-0.3, -0.25) is 0 Å². The van der Waals surface area contributed by atoms with E-state index in [-0.39, 0.29) is 10.6 Å². The van der Waals surface area contributed by atoms with Gasteiger partial charge in [-0.25, -0.2) is 12.8 Å². The highest BCUT2D eigenvalue weighted by molar-refractivity contribution is 7.90. The second kappa shape index (κ2) is 5.61. The van der Waals surface area contributed by atoms with Crippen LogP contribution in [0.3, 0.4) is 0 Å². The number of sulfone groups is 1. The summed E-state index contributed by atoms with van der Waals surface area (Å²) in [6.45, 7) is 0. The first-order chi connectivity index (χ1) is 9.82. The van der Waals surface area contributed by atoms with Gasteiger partial charge < -0.3 is 15.8 Å². The van der Waals surface area contributed by atoms with Crippen LogP contribution >= 0.6 is 0 Å². The molecule has 0 aliphatic carbocycles. The fraction of sp³-hybridized carbons (Fsp3) is 0.143. The molecule has 0 aromatic heterocycles. The Balaban J connectivity index is 2.46. The molecule has 0 heterocycles. The van der Waals surface area contributed by atoms with Crippen LogP contribution < -0.4 is 15.8 Å². The Morgan fingerprint density at radius 1 is 1.19 bits per heavy atom. The van der Waals surface area contributed by atoms with Crippen molar-refractivity contribution in [3.05, 3.63) is 42.2 Å². The predicted molar refractivity (Wildman–Crippen MR) is 80.2 cm³/mol. The van der Waals surface area contributed by atoms with E-state index in [1.54, 1.807) is 12.1 Å². The fourth-order valence-corrected chi connectivity index (χ4v) is 2.72. The minimum Gasteiger partial charge on any atom is -0.494 e. The third kappa shape index (κ3) is 3.25. The summed E-state index contributed by atoms with van der Waals surface area (Å²) in [4.78, 5) is 0.0357. The molecule has 0 unspecified atom stereocenters. The Morgan fingerprint density at radius 3 is 2.52 bits per heavy atom. The lowest BCUT2D eigenvalue weighted by molar-refractivity contribution is 0.413. The number of para-hydroxylation sites is 1. The maximum atomic E-state index is 13.2. The van der Waals surface area contributed by atoms with Crippen LogP contribution in [0.15, 0.2) is 41.3 Å². The van der Waals surface area contributed by atoms with Crippen molar-refractivity contribution in [1.82, 2.24) is 0 Å². The number of anilines is 3. The molecule has 112 valence electrons. The Labute approximate surface area is 122 Å². The molecule has 0 bridgehead atoms. The first kappa shape index (κ1) is 15.1. The van der Waals surface area contributed by atoms with Gasteiger partial charge in [0, 0.05) is 12.3 Å². The highest BCUT2D eigenvalue weighted by Gasteiger charge is 2.15. The summed E-state index contributed by atoms with van der Waals surface area (Å²) in [5.74, 6) is -0.144. The first-order valence-corrected chi connectivity index (χ1v) is 7.91. The molecule has 0 aliphatic heterocycles. The van der Waals surface area contributed by atoms with Crippen LogP contribution in [-0.2, 0) is 9.84 Å². The van der Waals surface area contributed by atoms with Crippen LogP contribution in [-0.4, -0.2) is 21.8 Å². The smallest absolute Gasteiger partial charge is 0.177 e. The van der Waals surface area contributed by atoms with E-state index in [0.717, 1.165) is 6.26 Å². The van der Waals surface area contributed by atoms with Gasteiger partial charge in [0.1, 0.15) is 11.6 Å².